The number of aryl methyl sites for hydroxylation is 1. The first-order valence-electron chi connectivity index (χ1n) is 5.12. The molecule has 2 heterocycles. The van der Waals surface area contributed by atoms with Gasteiger partial charge in [-0.1, -0.05) is 5.21 Å². The van der Waals surface area contributed by atoms with Crippen molar-refractivity contribution in [3.05, 3.63) is 6.20 Å². The molecule has 0 aromatic carbocycles. The van der Waals surface area contributed by atoms with Crippen molar-refractivity contribution in [3.8, 4) is 0 Å². The van der Waals surface area contributed by atoms with Crippen LogP contribution in [0.25, 0.3) is 0 Å². The second-order valence-electron chi connectivity index (χ2n) is 3.88. The zero-order valence-electron chi connectivity index (χ0n) is 8.70. The summed E-state index contributed by atoms with van der Waals surface area (Å²) in [5.74, 6) is 0.991. The van der Waals surface area contributed by atoms with Crippen LogP contribution in [0.1, 0.15) is 19.8 Å². The Morgan fingerprint density at radius 1 is 1.64 bits per heavy atom. The van der Waals surface area contributed by atoms with Gasteiger partial charge in [0, 0.05) is 19.1 Å². The van der Waals surface area contributed by atoms with Crippen LogP contribution in [0.5, 0.6) is 0 Å². The maximum atomic E-state index is 3.89. The van der Waals surface area contributed by atoms with Crippen LogP contribution in [0, 0.1) is 0 Å². The highest BCUT2D eigenvalue weighted by Crippen LogP contribution is 2.13. The van der Waals surface area contributed by atoms with Crippen molar-refractivity contribution in [2.24, 2.45) is 7.05 Å². The molecule has 0 bridgehead atoms. The molecule has 0 spiro atoms. The van der Waals surface area contributed by atoms with Gasteiger partial charge in [-0.2, -0.15) is 0 Å². The Bertz CT molecular complexity index is 295. The van der Waals surface area contributed by atoms with E-state index < -0.39 is 0 Å². The van der Waals surface area contributed by atoms with Crippen molar-refractivity contribution in [3.63, 3.8) is 0 Å². The van der Waals surface area contributed by atoms with Gasteiger partial charge in [0.25, 0.3) is 0 Å². The number of hydrogen-bond donors (Lipinski definition) is 2. The molecule has 5 nitrogen and oxygen atoms in total. The van der Waals surface area contributed by atoms with Crippen LogP contribution in [-0.2, 0) is 7.05 Å². The average Bonchev–Trinajstić information content (AvgIpc) is 2.56. The number of nitrogens with one attached hydrogen (secondary N) is 2. The summed E-state index contributed by atoms with van der Waals surface area (Å²) in [7, 11) is 1.90. The average molecular weight is 195 g/mol. The van der Waals surface area contributed by atoms with E-state index in [2.05, 4.69) is 27.9 Å². The van der Waals surface area contributed by atoms with E-state index in [1.807, 2.05) is 7.05 Å². The lowest BCUT2D eigenvalue weighted by Gasteiger charge is -2.30. The van der Waals surface area contributed by atoms with E-state index in [0.717, 1.165) is 12.4 Å². The molecule has 0 aliphatic carbocycles. The predicted molar refractivity (Wildman–Crippen MR) is 55.1 cm³/mol. The summed E-state index contributed by atoms with van der Waals surface area (Å²) in [4.78, 5) is 0. The lowest BCUT2D eigenvalue weighted by molar-refractivity contribution is 0.387. The summed E-state index contributed by atoms with van der Waals surface area (Å²) >= 11 is 0. The zero-order valence-corrected chi connectivity index (χ0v) is 8.70. The van der Waals surface area contributed by atoms with Crippen molar-refractivity contribution in [2.75, 3.05) is 11.9 Å². The van der Waals surface area contributed by atoms with Crippen LogP contribution in [0.15, 0.2) is 6.20 Å². The third-order valence-corrected chi connectivity index (χ3v) is 2.81. The highest BCUT2D eigenvalue weighted by Gasteiger charge is 2.21. The molecule has 2 atom stereocenters. The molecule has 1 aromatic heterocycles. The molecule has 1 aromatic rings. The maximum Gasteiger partial charge on any atom is 0.144 e. The van der Waals surface area contributed by atoms with Crippen molar-refractivity contribution in [1.82, 2.24) is 20.3 Å². The van der Waals surface area contributed by atoms with Crippen molar-refractivity contribution < 1.29 is 0 Å². The van der Waals surface area contributed by atoms with Gasteiger partial charge in [0.05, 0.1) is 6.20 Å². The summed E-state index contributed by atoms with van der Waals surface area (Å²) in [5, 5.41) is 14.6. The fourth-order valence-electron chi connectivity index (χ4n) is 1.85. The van der Waals surface area contributed by atoms with E-state index in [1.165, 1.54) is 12.8 Å². The Kier molecular flexibility index (Phi) is 2.67. The monoisotopic (exact) mass is 195 g/mol. The van der Waals surface area contributed by atoms with Crippen molar-refractivity contribution in [2.45, 2.75) is 31.8 Å². The minimum Gasteiger partial charge on any atom is -0.365 e. The van der Waals surface area contributed by atoms with Crippen molar-refractivity contribution in [1.29, 1.82) is 0 Å². The quantitative estimate of drug-likeness (QED) is 0.716. The van der Waals surface area contributed by atoms with Crippen LogP contribution in [-0.4, -0.2) is 33.6 Å². The van der Waals surface area contributed by atoms with Gasteiger partial charge in [-0.05, 0) is 26.3 Å². The minimum absolute atomic E-state index is 0.487. The highest BCUT2D eigenvalue weighted by molar-refractivity contribution is 5.32. The Morgan fingerprint density at radius 2 is 2.50 bits per heavy atom. The predicted octanol–water partition coefficient (Wildman–Crippen LogP) is 0.367. The summed E-state index contributed by atoms with van der Waals surface area (Å²) in [6, 6.07) is 1.000. The van der Waals surface area contributed by atoms with Gasteiger partial charge in [0.15, 0.2) is 0 Å². The molecule has 1 aliphatic heterocycles. The van der Waals surface area contributed by atoms with Crippen LogP contribution < -0.4 is 10.6 Å². The summed E-state index contributed by atoms with van der Waals surface area (Å²) in [6.07, 6.45) is 4.20. The topological polar surface area (TPSA) is 54.8 Å². The summed E-state index contributed by atoms with van der Waals surface area (Å²) < 4.78 is 1.77. The van der Waals surface area contributed by atoms with Gasteiger partial charge in [0.1, 0.15) is 5.82 Å². The van der Waals surface area contributed by atoms with Gasteiger partial charge in [0.2, 0.25) is 0 Å². The fraction of sp³-hybridized carbons (Fsp3) is 0.778. The molecule has 5 heteroatoms. The largest absolute Gasteiger partial charge is 0.365 e. The third-order valence-electron chi connectivity index (χ3n) is 2.81. The molecule has 14 heavy (non-hydrogen) atoms. The molecule has 1 aliphatic rings. The second-order valence-corrected chi connectivity index (χ2v) is 3.88. The molecule has 0 amide bonds. The number of nitrogens with zero attached hydrogens (tertiary/aromatic N) is 3. The molecule has 1 saturated heterocycles. The summed E-state index contributed by atoms with van der Waals surface area (Å²) in [5.41, 5.74) is 0. The van der Waals surface area contributed by atoms with Gasteiger partial charge in [-0.15, -0.1) is 5.10 Å². The molecule has 78 valence electrons. The van der Waals surface area contributed by atoms with Crippen LogP contribution in [0.4, 0.5) is 5.82 Å². The molecular weight excluding hydrogens is 178 g/mol. The molecule has 1 fully saturated rings. The van der Waals surface area contributed by atoms with E-state index in [0.29, 0.717) is 12.1 Å². The summed E-state index contributed by atoms with van der Waals surface area (Å²) in [6.45, 7) is 3.34. The number of piperidine rings is 1. The molecule has 2 rings (SSSR count). The normalized spacial score (nSPS) is 27.6. The van der Waals surface area contributed by atoms with Crippen LogP contribution in [0.3, 0.4) is 0 Å². The lowest BCUT2D eigenvalue weighted by Crippen LogP contribution is -2.46. The minimum atomic E-state index is 0.487. The molecular formula is C9H17N5. The standard InChI is InChI=1S/C9H17N5/c1-7-8(4-3-5-10-7)12-9-6-11-13-14(9)2/h6-8,10,12H,3-5H2,1-2H3. The molecule has 0 saturated carbocycles. The van der Waals surface area contributed by atoms with Gasteiger partial charge < -0.3 is 10.6 Å². The molecule has 2 N–H and O–H groups in total. The maximum absolute atomic E-state index is 3.89. The van der Waals surface area contributed by atoms with Gasteiger partial charge in [-0.3, -0.25) is 0 Å². The first-order valence-corrected chi connectivity index (χ1v) is 5.12. The highest BCUT2D eigenvalue weighted by atomic mass is 15.4. The Morgan fingerprint density at radius 3 is 3.14 bits per heavy atom. The Labute approximate surface area is 83.9 Å². The van der Waals surface area contributed by atoms with E-state index in [4.69, 9.17) is 0 Å². The lowest BCUT2D eigenvalue weighted by atomic mass is 10.00. The van der Waals surface area contributed by atoms with E-state index in [9.17, 15) is 0 Å². The Balaban J connectivity index is 1.99. The molecule has 2 unspecified atom stereocenters. The van der Waals surface area contributed by atoms with E-state index in [1.54, 1.807) is 10.9 Å². The first-order chi connectivity index (χ1) is 6.77. The zero-order chi connectivity index (χ0) is 9.97. The SMILES string of the molecule is CC1NCCCC1Nc1cnnn1C. The van der Waals surface area contributed by atoms with Crippen LogP contribution >= 0.6 is 0 Å². The number of rotatable bonds is 2. The van der Waals surface area contributed by atoms with Gasteiger partial charge in [-0.25, -0.2) is 4.68 Å². The van der Waals surface area contributed by atoms with E-state index in [-0.39, 0.29) is 0 Å². The van der Waals surface area contributed by atoms with Crippen LogP contribution in [0.2, 0.25) is 0 Å². The number of anilines is 1. The first kappa shape index (κ1) is 9.45. The second kappa shape index (κ2) is 3.96. The smallest absolute Gasteiger partial charge is 0.144 e. The van der Waals surface area contributed by atoms with Gasteiger partial charge >= 0.3 is 0 Å². The Hall–Kier alpha value is -1.10. The molecule has 0 radical (unpaired) electrons. The fourth-order valence-corrected chi connectivity index (χ4v) is 1.85. The van der Waals surface area contributed by atoms with E-state index >= 15 is 0 Å². The third kappa shape index (κ3) is 1.87. The van der Waals surface area contributed by atoms with Crippen molar-refractivity contribution >= 4 is 5.82 Å². The number of aromatic nitrogens is 3. The number of hydrogen-bond acceptors (Lipinski definition) is 4.